The highest BCUT2D eigenvalue weighted by atomic mass is 35.5. The first-order chi connectivity index (χ1) is 14.9. The second-order valence-electron chi connectivity index (χ2n) is 6.87. The second-order valence-corrected chi connectivity index (χ2v) is 7.28. The molecule has 3 N–H and O–H groups in total. The van der Waals surface area contributed by atoms with Crippen molar-refractivity contribution in [1.82, 2.24) is 10.4 Å². The molecular weight excluding hydrogens is 418 g/mol. The van der Waals surface area contributed by atoms with Gasteiger partial charge in [-0.15, -0.1) is 0 Å². The number of nitrogens with zero attached hydrogens (tertiary/aromatic N) is 1. The Bertz CT molecular complexity index is 1100. The quantitative estimate of drug-likeness (QED) is 0.440. The van der Waals surface area contributed by atoms with Gasteiger partial charge < -0.3 is 10.4 Å². The molecule has 0 saturated heterocycles. The molecule has 0 fully saturated rings. The Labute approximate surface area is 184 Å². The van der Waals surface area contributed by atoms with Gasteiger partial charge in [0.25, 0.3) is 0 Å². The van der Waals surface area contributed by atoms with E-state index in [1.807, 2.05) is 42.5 Å². The van der Waals surface area contributed by atoms with Crippen LogP contribution in [-0.2, 0) is 20.9 Å². The zero-order valence-corrected chi connectivity index (χ0v) is 17.4. The molecule has 3 rings (SSSR count). The Hall–Kier alpha value is -3.42. The summed E-state index contributed by atoms with van der Waals surface area (Å²) in [7, 11) is 0. The molecule has 0 heterocycles. The van der Waals surface area contributed by atoms with Crippen LogP contribution in [0.4, 0.5) is 5.69 Å². The molecule has 31 heavy (non-hydrogen) atoms. The summed E-state index contributed by atoms with van der Waals surface area (Å²) in [5.41, 5.74) is 4.28. The SMILES string of the molecule is O=C(O)CN(NCc1cccc2ccccc12)C(=O)CCC(=O)Nc1ccccc1Cl. The van der Waals surface area contributed by atoms with E-state index in [1.54, 1.807) is 24.3 Å². The van der Waals surface area contributed by atoms with E-state index < -0.39 is 18.4 Å². The summed E-state index contributed by atoms with van der Waals surface area (Å²) < 4.78 is 0. The van der Waals surface area contributed by atoms with Crippen molar-refractivity contribution in [2.75, 3.05) is 11.9 Å². The number of hydrogen-bond acceptors (Lipinski definition) is 4. The highest BCUT2D eigenvalue weighted by molar-refractivity contribution is 6.33. The Morgan fingerprint density at radius 1 is 0.903 bits per heavy atom. The molecule has 0 atom stereocenters. The maximum Gasteiger partial charge on any atom is 0.324 e. The average molecular weight is 440 g/mol. The van der Waals surface area contributed by atoms with Gasteiger partial charge in [0, 0.05) is 19.4 Å². The molecular formula is C23H22ClN3O4. The zero-order chi connectivity index (χ0) is 22.2. The highest BCUT2D eigenvalue weighted by Gasteiger charge is 2.18. The molecule has 2 amide bonds. The molecule has 7 nitrogen and oxygen atoms in total. The van der Waals surface area contributed by atoms with Crippen LogP contribution in [-0.4, -0.2) is 34.4 Å². The van der Waals surface area contributed by atoms with Crippen LogP contribution in [0.1, 0.15) is 18.4 Å². The maximum atomic E-state index is 12.6. The summed E-state index contributed by atoms with van der Waals surface area (Å²) >= 11 is 6.01. The molecule has 0 saturated carbocycles. The summed E-state index contributed by atoms with van der Waals surface area (Å²) in [6, 6.07) is 20.4. The second kappa shape index (κ2) is 10.6. The lowest BCUT2D eigenvalue weighted by Gasteiger charge is -2.22. The van der Waals surface area contributed by atoms with E-state index in [2.05, 4.69) is 10.7 Å². The van der Waals surface area contributed by atoms with Crippen LogP contribution in [0.2, 0.25) is 5.02 Å². The van der Waals surface area contributed by atoms with Crippen LogP contribution in [0.5, 0.6) is 0 Å². The molecule has 3 aromatic carbocycles. The molecule has 0 aliphatic rings. The van der Waals surface area contributed by atoms with Crippen molar-refractivity contribution in [3.05, 3.63) is 77.3 Å². The number of nitrogens with one attached hydrogen (secondary N) is 2. The minimum absolute atomic E-state index is 0.101. The van der Waals surface area contributed by atoms with Gasteiger partial charge in [-0.25, -0.2) is 5.43 Å². The van der Waals surface area contributed by atoms with Gasteiger partial charge in [0.15, 0.2) is 0 Å². The largest absolute Gasteiger partial charge is 0.480 e. The molecule has 3 aromatic rings. The molecule has 0 bridgehead atoms. The van der Waals surface area contributed by atoms with E-state index in [1.165, 1.54) is 0 Å². The topological polar surface area (TPSA) is 98.7 Å². The van der Waals surface area contributed by atoms with Gasteiger partial charge in [0.1, 0.15) is 6.54 Å². The number of anilines is 1. The number of carboxylic acid groups (broad SMARTS) is 1. The molecule has 0 aliphatic carbocycles. The van der Waals surface area contributed by atoms with Crippen LogP contribution >= 0.6 is 11.6 Å². The normalized spacial score (nSPS) is 10.6. The average Bonchev–Trinajstić information content (AvgIpc) is 2.76. The number of amides is 2. The van der Waals surface area contributed by atoms with Gasteiger partial charge in [-0.1, -0.05) is 66.2 Å². The number of halogens is 1. The number of fused-ring (bicyclic) bond motifs is 1. The summed E-state index contributed by atoms with van der Waals surface area (Å²) in [4.78, 5) is 36.0. The highest BCUT2D eigenvalue weighted by Crippen LogP contribution is 2.21. The number of benzene rings is 3. The Balaban J connectivity index is 1.60. The predicted molar refractivity (Wildman–Crippen MR) is 119 cm³/mol. The monoisotopic (exact) mass is 439 g/mol. The number of hydrogen-bond donors (Lipinski definition) is 3. The number of hydrazine groups is 1. The lowest BCUT2D eigenvalue weighted by molar-refractivity contribution is -0.147. The van der Waals surface area contributed by atoms with E-state index in [-0.39, 0.29) is 25.3 Å². The van der Waals surface area contributed by atoms with Crippen LogP contribution in [0, 0.1) is 0 Å². The van der Waals surface area contributed by atoms with E-state index in [4.69, 9.17) is 11.6 Å². The molecule has 0 unspecified atom stereocenters. The van der Waals surface area contributed by atoms with Crippen molar-refractivity contribution in [1.29, 1.82) is 0 Å². The van der Waals surface area contributed by atoms with Crippen molar-refractivity contribution >= 4 is 45.8 Å². The van der Waals surface area contributed by atoms with Crippen LogP contribution in [0.15, 0.2) is 66.7 Å². The van der Waals surface area contributed by atoms with Gasteiger partial charge in [0.05, 0.1) is 10.7 Å². The number of carbonyl (C=O) groups excluding carboxylic acids is 2. The Morgan fingerprint density at radius 2 is 1.61 bits per heavy atom. The van der Waals surface area contributed by atoms with E-state index in [9.17, 15) is 19.5 Å². The van der Waals surface area contributed by atoms with Gasteiger partial charge in [-0.2, -0.15) is 0 Å². The standard InChI is InChI=1S/C23H22ClN3O4/c24-19-10-3-4-11-20(19)26-21(28)12-13-22(29)27(15-23(30)31)25-14-17-8-5-7-16-6-1-2-9-18(16)17/h1-11,25H,12-15H2,(H,26,28)(H,30,31). The van der Waals surface area contributed by atoms with E-state index in [0.717, 1.165) is 21.3 Å². The maximum absolute atomic E-state index is 12.6. The van der Waals surface area contributed by atoms with Crippen LogP contribution in [0.3, 0.4) is 0 Å². The third-order valence-corrected chi connectivity index (χ3v) is 4.98. The van der Waals surface area contributed by atoms with Crippen molar-refractivity contribution in [2.24, 2.45) is 0 Å². The van der Waals surface area contributed by atoms with Crippen LogP contribution < -0.4 is 10.7 Å². The minimum atomic E-state index is -1.15. The van der Waals surface area contributed by atoms with Gasteiger partial charge >= 0.3 is 5.97 Å². The molecule has 0 radical (unpaired) electrons. The van der Waals surface area contributed by atoms with Crippen molar-refractivity contribution in [3.8, 4) is 0 Å². The zero-order valence-electron chi connectivity index (χ0n) is 16.7. The van der Waals surface area contributed by atoms with Crippen molar-refractivity contribution < 1.29 is 19.5 Å². The van der Waals surface area contributed by atoms with E-state index >= 15 is 0 Å². The first kappa shape index (κ1) is 22.3. The lowest BCUT2D eigenvalue weighted by atomic mass is 10.0. The third-order valence-electron chi connectivity index (χ3n) is 4.65. The molecule has 160 valence electrons. The fraction of sp³-hybridized carbons (Fsp3) is 0.174. The Morgan fingerprint density at radius 3 is 2.39 bits per heavy atom. The van der Waals surface area contributed by atoms with Crippen molar-refractivity contribution in [2.45, 2.75) is 19.4 Å². The molecule has 8 heteroatoms. The summed E-state index contributed by atoms with van der Waals surface area (Å²) in [5.74, 6) is -2.03. The molecule has 0 aromatic heterocycles. The van der Waals surface area contributed by atoms with E-state index in [0.29, 0.717) is 10.7 Å². The minimum Gasteiger partial charge on any atom is -0.480 e. The van der Waals surface area contributed by atoms with Gasteiger partial charge in [-0.3, -0.25) is 19.4 Å². The smallest absolute Gasteiger partial charge is 0.324 e. The van der Waals surface area contributed by atoms with Crippen LogP contribution in [0.25, 0.3) is 10.8 Å². The van der Waals surface area contributed by atoms with Crippen molar-refractivity contribution in [3.63, 3.8) is 0 Å². The number of carboxylic acids is 1. The number of aliphatic carboxylic acids is 1. The summed E-state index contributed by atoms with van der Waals surface area (Å²) in [5, 5.41) is 15.3. The molecule has 0 spiro atoms. The summed E-state index contributed by atoms with van der Waals surface area (Å²) in [6.07, 6.45) is -0.248. The predicted octanol–water partition coefficient (Wildman–Crippen LogP) is 3.83. The number of carbonyl (C=O) groups is 3. The van der Waals surface area contributed by atoms with Gasteiger partial charge in [0.2, 0.25) is 11.8 Å². The number of para-hydroxylation sites is 1. The first-order valence-corrected chi connectivity index (χ1v) is 10.1. The third kappa shape index (κ3) is 6.28. The number of rotatable bonds is 9. The Kier molecular flexibility index (Phi) is 7.59. The van der Waals surface area contributed by atoms with Gasteiger partial charge in [-0.05, 0) is 28.5 Å². The fourth-order valence-electron chi connectivity index (χ4n) is 3.13. The molecule has 0 aliphatic heterocycles. The first-order valence-electron chi connectivity index (χ1n) is 9.70. The fourth-order valence-corrected chi connectivity index (χ4v) is 3.31. The summed E-state index contributed by atoms with van der Waals surface area (Å²) in [6.45, 7) is -0.248. The lowest BCUT2D eigenvalue weighted by Crippen LogP contribution is -2.45.